The van der Waals surface area contributed by atoms with Crippen LogP contribution in [0.4, 0.5) is 0 Å². The van der Waals surface area contributed by atoms with Crippen LogP contribution >= 0.6 is 12.6 Å². The fourth-order valence-corrected chi connectivity index (χ4v) is 1.21. The molecule has 82 valence electrons. The van der Waals surface area contributed by atoms with Crippen molar-refractivity contribution in [1.82, 2.24) is 0 Å². The number of benzene rings is 1. The summed E-state index contributed by atoms with van der Waals surface area (Å²) >= 11 is 4.12. The van der Waals surface area contributed by atoms with Crippen molar-refractivity contribution in [1.29, 1.82) is 0 Å². The molecule has 0 amide bonds. The molecule has 0 radical (unpaired) electrons. The van der Waals surface area contributed by atoms with Gasteiger partial charge in [0.25, 0.3) is 0 Å². The minimum Gasteiger partial charge on any atom is -0.493 e. The van der Waals surface area contributed by atoms with Crippen LogP contribution in [0.3, 0.4) is 0 Å². The lowest BCUT2D eigenvalue weighted by Gasteiger charge is -2.11. The molecular formula is C12H16O2S. The molecular weight excluding hydrogens is 208 g/mol. The third-order valence-corrected chi connectivity index (χ3v) is 2.42. The highest BCUT2D eigenvalue weighted by Gasteiger charge is 2.04. The Kier molecular flexibility index (Phi) is 4.56. The average Bonchev–Trinajstić information content (AvgIpc) is 2.26. The van der Waals surface area contributed by atoms with Crippen LogP contribution in [0, 0.1) is 6.92 Å². The van der Waals surface area contributed by atoms with Gasteiger partial charge in [-0.2, -0.15) is 12.6 Å². The zero-order valence-electron chi connectivity index (χ0n) is 9.12. The lowest BCUT2D eigenvalue weighted by molar-refractivity contribution is 0.320. The maximum Gasteiger partial charge on any atom is 0.161 e. The first-order valence-corrected chi connectivity index (χ1v) is 5.35. The van der Waals surface area contributed by atoms with Crippen LogP contribution in [0.25, 0.3) is 0 Å². The van der Waals surface area contributed by atoms with Gasteiger partial charge in [0.05, 0.1) is 7.11 Å². The van der Waals surface area contributed by atoms with Crippen molar-refractivity contribution >= 4 is 12.6 Å². The van der Waals surface area contributed by atoms with Crippen LogP contribution in [0.2, 0.25) is 0 Å². The van der Waals surface area contributed by atoms with Crippen LogP contribution in [0.1, 0.15) is 5.56 Å². The monoisotopic (exact) mass is 224 g/mol. The van der Waals surface area contributed by atoms with Crippen LogP contribution in [0.15, 0.2) is 30.4 Å². The van der Waals surface area contributed by atoms with Crippen molar-refractivity contribution in [3.8, 4) is 11.5 Å². The Morgan fingerprint density at radius 2 is 2.13 bits per heavy atom. The molecule has 0 bridgehead atoms. The summed E-state index contributed by atoms with van der Waals surface area (Å²) in [4.78, 5) is 0. The summed E-state index contributed by atoms with van der Waals surface area (Å²) < 4.78 is 10.8. The summed E-state index contributed by atoms with van der Waals surface area (Å²) in [5.74, 6) is 2.13. The Morgan fingerprint density at radius 1 is 1.40 bits per heavy atom. The third-order valence-electron chi connectivity index (χ3n) is 1.97. The van der Waals surface area contributed by atoms with E-state index < -0.39 is 0 Å². The molecule has 0 unspecified atom stereocenters. The summed E-state index contributed by atoms with van der Waals surface area (Å²) in [6.07, 6.45) is 0. The normalized spacial score (nSPS) is 9.80. The molecule has 0 N–H and O–H groups in total. The molecule has 0 aliphatic rings. The summed E-state index contributed by atoms with van der Waals surface area (Å²) in [5, 5.41) is 0. The Balaban J connectivity index is 2.72. The smallest absolute Gasteiger partial charge is 0.161 e. The highest BCUT2D eigenvalue weighted by Crippen LogP contribution is 2.27. The minimum absolute atomic E-state index is 0.475. The largest absolute Gasteiger partial charge is 0.493 e. The van der Waals surface area contributed by atoms with Crippen LogP contribution in [-0.4, -0.2) is 19.5 Å². The van der Waals surface area contributed by atoms with Gasteiger partial charge in [0.2, 0.25) is 0 Å². The van der Waals surface area contributed by atoms with E-state index >= 15 is 0 Å². The van der Waals surface area contributed by atoms with E-state index in [1.54, 1.807) is 7.11 Å². The summed E-state index contributed by atoms with van der Waals surface area (Å²) in [6.45, 7) is 6.31. The molecule has 0 aliphatic heterocycles. The molecule has 0 aliphatic carbocycles. The van der Waals surface area contributed by atoms with Gasteiger partial charge in [-0.3, -0.25) is 0 Å². The van der Waals surface area contributed by atoms with Gasteiger partial charge >= 0.3 is 0 Å². The van der Waals surface area contributed by atoms with Gasteiger partial charge in [-0.1, -0.05) is 12.6 Å². The lowest BCUT2D eigenvalue weighted by Crippen LogP contribution is -2.02. The van der Waals surface area contributed by atoms with Crippen molar-refractivity contribution in [2.45, 2.75) is 6.92 Å². The number of hydrogen-bond donors (Lipinski definition) is 1. The summed E-state index contributed by atoms with van der Waals surface area (Å²) in [6, 6.07) is 5.83. The van der Waals surface area contributed by atoms with Gasteiger partial charge in [0.15, 0.2) is 11.5 Å². The third kappa shape index (κ3) is 3.51. The number of ether oxygens (including phenoxy) is 2. The topological polar surface area (TPSA) is 18.5 Å². The van der Waals surface area contributed by atoms with Crippen LogP contribution in [-0.2, 0) is 0 Å². The van der Waals surface area contributed by atoms with E-state index in [4.69, 9.17) is 9.47 Å². The average molecular weight is 224 g/mol. The van der Waals surface area contributed by atoms with E-state index in [0.29, 0.717) is 12.4 Å². The second-order valence-corrected chi connectivity index (χ2v) is 3.67. The predicted octanol–water partition coefficient (Wildman–Crippen LogP) is 2.87. The van der Waals surface area contributed by atoms with Gasteiger partial charge in [-0.15, -0.1) is 0 Å². The second kappa shape index (κ2) is 5.71. The maximum atomic E-state index is 5.56. The van der Waals surface area contributed by atoms with Gasteiger partial charge in [0.1, 0.15) is 6.61 Å². The molecule has 0 saturated carbocycles. The number of aryl methyl sites for hydroxylation is 1. The predicted molar refractivity (Wildman–Crippen MR) is 66.2 cm³/mol. The molecule has 0 fully saturated rings. The van der Waals surface area contributed by atoms with Gasteiger partial charge in [0, 0.05) is 5.75 Å². The zero-order valence-corrected chi connectivity index (χ0v) is 10.0. The Morgan fingerprint density at radius 3 is 2.73 bits per heavy atom. The second-order valence-electron chi connectivity index (χ2n) is 3.35. The molecule has 1 aromatic rings. The van der Waals surface area contributed by atoms with Crippen molar-refractivity contribution in [2.24, 2.45) is 0 Å². The van der Waals surface area contributed by atoms with Crippen LogP contribution < -0.4 is 9.47 Å². The van der Waals surface area contributed by atoms with E-state index in [-0.39, 0.29) is 0 Å². The SMILES string of the molecule is C=C(CS)COc1ccc(C)cc1OC. The number of thiol groups is 1. The van der Waals surface area contributed by atoms with E-state index in [1.807, 2.05) is 25.1 Å². The molecule has 2 nitrogen and oxygen atoms in total. The molecule has 1 aromatic carbocycles. The van der Waals surface area contributed by atoms with Gasteiger partial charge < -0.3 is 9.47 Å². The zero-order chi connectivity index (χ0) is 11.3. The highest BCUT2D eigenvalue weighted by molar-refractivity contribution is 7.80. The Hall–Kier alpha value is -1.09. The number of rotatable bonds is 5. The fourth-order valence-electron chi connectivity index (χ4n) is 1.12. The molecule has 0 saturated heterocycles. The lowest BCUT2D eigenvalue weighted by atomic mass is 10.2. The summed E-state index contributed by atoms with van der Waals surface area (Å²) in [7, 11) is 1.63. The van der Waals surface area contributed by atoms with E-state index in [1.165, 1.54) is 0 Å². The van der Waals surface area contributed by atoms with Crippen molar-refractivity contribution in [3.63, 3.8) is 0 Å². The van der Waals surface area contributed by atoms with E-state index in [9.17, 15) is 0 Å². The first kappa shape index (κ1) is 12.0. The molecule has 3 heteroatoms. The van der Waals surface area contributed by atoms with Crippen LogP contribution in [0.5, 0.6) is 11.5 Å². The maximum absolute atomic E-state index is 5.56. The van der Waals surface area contributed by atoms with Gasteiger partial charge in [-0.05, 0) is 30.2 Å². The minimum atomic E-state index is 0.475. The fraction of sp³-hybridized carbons (Fsp3) is 0.333. The first-order chi connectivity index (χ1) is 7.17. The molecule has 0 atom stereocenters. The highest BCUT2D eigenvalue weighted by atomic mass is 32.1. The van der Waals surface area contributed by atoms with Crippen molar-refractivity contribution in [2.75, 3.05) is 19.5 Å². The standard InChI is InChI=1S/C12H16O2S/c1-9-4-5-11(12(6-9)13-3)14-7-10(2)8-15/h4-6,15H,2,7-8H2,1,3H3. The molecule has 0 aromatic heterocycles. The van der Waals surface area contributed by atoms with Gasteiger partial charge in [-0.25, -0.2) is 0 Å². The number of hydrogen-bond acceptors (Lipinski definition) is 3. The molecule has 0 heterocycles. The van der Waals surface area contributed by atoms with E-state index in [2.05, 4.69) is 19.2 Å². The Labute approximate surface area is 96.3 Å². The summed E-state index contributed by atoms with van der Waals surface area (Å²) in [5.41, 5.74) is 2.09. The van der Waals surface area contributed by atoms with Crippen molar-refractivity contribution in [3.05, 3.63) is 35.9 Å². The Bertz CT molecular complexity index is 347. The molecule has 1 rings (SSSR count). The first-order valence-electron chi connectivity index (χ1n) is 4.72. The molecule has 15 heavy (non-hydrogen) atoms. The van der Waals surface area contributed by atoms with Crippen molar-refractivity contribution < 1.29 is 9.47 Å². The molecule has 0 spiro atoms. The van der Waals surface area contributed by atoms with E-state index in [0.717, 1.165) is 22.6 Å². The number of methoxy groups -OCH3 is 1. The quantitative estimate of drug-likeness (QED) is 0.612.